The summed E-state index contributed by atoms with van der Waals surface area (Å²) in [6.07, 6.45) is 1.97. The topological polar surface area (TPSA) is 20.2 Å². The highest BCUT2D eigenvalue weighted by atomic mass is 32.2. The van der Waals surface area contributed by atoms with E-state index in [-0.39, 0.29) is 0 Å². The normalized spacial score (nSPS) is 27.8. The fourth-order valence-electron chi connectivity index (χ4n) is 1.35. The maximum atomic E-state index is 9.76. The van der Waals surface area contributed by atoms with Crippen LogP contribution in [0, 0.1) is 6.92 Å². The van der Waals surface area contributed by atoms with Crippen molar-refractivity contribution in [3.8, 4) is 0 Å². The molecule has 1 aliphatic rings. The van der Waals surface area contributed by atoms with Crippen molar-refractivity contribution in [3.05, 3.63) is 28.0 Å². The molecule has 0 bridgehead atoms. The Morgan fingerprint density at radius 1 is 1.54 bits per heavy atom. The lowest BCUT2D eigenvalue weighted by atomic mass is 10.1. The Hall–Kier alpha value is -0.250. The molecule has 0 saturated carbocycles. The third-order valence-corrected chi connectivity index (χ3v) is 4.59. The van der Waals surface area contributed by atoms with E-state index in [0.29, 0.717) is 0 Å². The molecule has 0 fully saturated rings. The molecular weight excluding hydrogens is 200 g/mol. The van der Waals surface area contributed by atoms with E-state index in [1.807, 2.05) is 13.0 Å². The number of aryl methyl sites for hydroxylation is 1. The first-order valence-corrected chi connectivity index (χ1v) is 6.07. The van der Waals surface area contributed by atoms with Crippen LogP contribution < -0.4 is 0 Å². The average Bonchev–Trinajstić information content (AvgIpc) is 2.56. The van der Waals surface area contributed by atoms with E-state index in [4.69, 9.17) is 0 Å². The summed E-state index contributed by atoms with van der Waals surface area (Å²) in [5.74, 6) is 0.777. The number of aliphatic hydroxyl groups is 1. The number of hydrogen-bond acceptors (Lipinski definition) is 3. The molecule has 1 unspecified atom stereocenters. The predicted octanol–water partition coefficient (Wildman–Crippen LogP) is 2.90. The van der Waals surface area contributed by atoms with Crippen molar-refractivity contribution in [2.45, 2.75) is 19.4 Å². The zero-order valence-electron chi connectivity index (χ0n) is 7.70. The number of hydrogen-bond donors (Lipinski definition) is 1. The highest BCUT2D eigenvalue weighted by Crippen LogP contribution is 2.41. The minimum absolute atomic E-state index is 0.615. The Bertz CT molecular complexity index is 350. The summed E-state index contributed by atoms with van der Waals surface area (Å²) in [7, 11) is 0. The van der Waals surface area contributed by atoms with Gasteiger partial charge in [-0.2, -0.15) is 0 Å². The predicted molar refractivity (Wildman–Crippen MR) is 60.1 cm³/mol. The molecule has 1 atom stereocenters. The van der Waals surface area contributed by atoms with Gasteiger partial charge < -0.3 is 5.11 Å². The SMILES string of the molecule is Cc1ccsc1C1=CC(C)(O)CS1. The molecule has 1 aliphatic heterocycles. The van der Waals surface area contributed by atoms with Crippen LogP contribution in [0.15, 0.2) is 17.5 Å². The molecule has 70 valence electrons. The van der Waals surface area contributed by atoms with Crippen LogP contribution >= 0.6 is 23.1 Å². The number of thiophene rings is 1. The largest absolute Gasteiger partial charge is 0.385 e. The van der Waals surface area contributed by atoms with Crippen molar-refractivity contribution in [2.75, 3.05) is 5.75 Å². The molecule has 1 aromatic rings. The lowest BCUT2D eigenvalue weighted by Crippen LogP contribution is -2.20. The van der Waals surface area contributed by atoms with Crippen LogP contribution in [0.2, 0.25) is 0 Å². The Morgan fingerprint density at radius 2 is 2.31 bits per heavy atom. The summed E-state index contributed by atoms with van der Waals surface area (Å²) in [5.41, 5.74) is 0.692. The van der Waals surface area contributed by atoms with Gasteiger partial charge in [0.15, 0.2) is 0 Å². The number of thioether (sulfide) groups is 1. The minimum atomic E-state index is -0.615. The van der Waals surface area contributed by atoms with Crippen LogP contribution in [0.1, 0.15) is 17.4 Å². The van der Waals surface area contributed by atoms with Crippen molar-refractivity contribution >= 4 is 28.0 Å². The van der Waals surface area contributed by atoms with Gasteiger partial charge in [0.2, 0.25) is 0 Å². The van der Waals surface area contributed by atoms with Crippen molar-refractivity contribution < 1.29 is 5.11 Å². The maximum Gasteiger partial charge on any atom is 0.0907 e. The second kappa shape index (κ2) is 3.15. The Balaban J connectivity index is 2.35. The molecule has 0 amide bonds. The molecule has 0 radical (unpaired) electrons. The molecule has 3 heteroatoms. The van der Waals surface area contributed by atoms with Crippen molar-refractivity contribution in [3.63, 3.8) is 0 Å². The van der Waals surface area contributed by atoms with Gasteiger partial charge in [0, 0.05) is 15.5 Å². The highest BCUT2D eigenvalue weighted by molar-refractivity contribution is 8.08. The first-order chi connectivity index (χ1) is 6.08. The third-order valence-electron chi connectivity index (χ3n) is 2.05. The molecule has 1 nitrogen and oxygen atoms in total. The highest BCUT2D eigenvalue weighted by Gasteiger charge is 2.27. The maximum absolute atomic E-state index is 9.76. The molecule has 0 saturated heterocycles. The summed E-state index contributed by atoms with van der Waals surface area (Å²) >= 11 is 3.49. The van der Waals surface area contributed by atoms with E-state index in [1.165, 1.54) is 15.3 Å². The van der Waals surface area contributed by atoms with Gasteiger partial charge in [-0.25, -0.2) is 0 Å². The zero-order chi connectivity index (χ0) is 9.47. The number of rotatable bonds is 1. The molecule has 0 aliphatic carbocycles. The molecule has 2 rings (SSSR count). The van der Waals surface area contributed by atoms with Gasteiger partial charge in [0.1, 0.15) is 0 Å². The quantitative estimate of drug-likeness (QED) is 0.772. The van der Waals surface area contributed by atoms with Crippen LogP contribution in [-0.2, 0) is 0 Å². The van der Waals surface area contributed by atoms with Crippen molar-refractivity contribution in [1.82, 2.24) is 0 Å². The van der Waals surface area contributed by atoms with Gasteiger partial charge in [-0.3, -0.25) is 0 Å². The van der Waals surface area contributed by atoms with Gasteiger partial charge in [-0.05, 0) is 36.9 Å². The molecule has 13 heavy (non-hydrogen) atoms. The van der Waals surface area contributed by atoms with Gasteiger partial charge >= 0.3 is 0 Å². The van der Waals surface area contributed by atoms with Crippen LogP contribution in [0.25, 0.3) is 4.91 Å². The Morgan fingerprint density at radius 3 is 2.77 bits per heavy atom. The first-order valence-electron chi connectivity index (χ1n) is 4.21. The van der Waals surface area contributed by atoms with Gasteiger partial charge in [-0.1, -0.05) is 0 Å². The zero-order valence-corrected chi connectivity index (χ0v) is 9.34. The van der Waals surface area contributed by atoms with Crippen LogP contribution in [-0.4, -0.2) is 16.5 Å². The van der Waals surface area contributed by atoms with E-state index in [9.17, 15) is 5.11 Å². The van der Waals surface area contributed by atoms with Crippen molar-refractivity contribution in [1.29, 1.82) is 0 Å². The average molecular weight is 212 g/mol. The molecule has 2 heterocycles. The second-order valence-corrected chi connectivity index (χ2v) is 5.52. The summed E-state index contributed by atoms with van der Waals surface area (Å²) in [6.45, 7) is 3.97. The monoisotopic (exact) mass is 212 g/mol. The smallest absolute Gasteiger partial charge is 0.0907 e. The lowest BCUT2D eigenvalue weighted by Gasteiger charge is -2.09. The van der Waals surface area contributed by atoms with E-state index in [0.717, 1.165) is 5.75 Å². The molecule has 0 aromatic carbocycles. The van der Waals surface area contributed by atoms with E-state index < -0.39 is 5.60 Å². The third kappa shape index (κ3) is 1.82. The van der Waals surface area contributed by atoms with Gasteiger partial charge in [0.05, 0.1) is 5.60 Å². The first kappa shape index (κ1) is 9.31. The van der Waals surface area contributed by atoms with Gasteiger partial charge in [-0.15, -0.1) is 23.1 Å². The summed E-state index contributed by atoms with van der Waals surface area (Å²) in [5, 5.41) is 11.9. The van der Waals surface area contributed by atoms with E-state index in [1.54, 1.807) is 23.1 Å². The van der Waals surface area contributed by atoms with E-state index >= 15 is 0 Å². The van der Waals surface area contributed by atoms with Crippen LogP contribution in [0.4, 0.5) is 0 Å². The second-order valence-electron chi connectivity index (χ2n) is 3.59. The molecule has 1 aromatic heterocycles. The summed E-state index contributed by atoms with van der Waals surface area (Å²) in [6, 6.07) is 2.12. The van der Waals surface area contributed by atoms with Gasteiger partial charge in [0.25, 0.3) is 0 Å². The lowest BCUT2D eigenvalue weighted by molar-refractivity contribution is 0.141. The standard InChI is InChI=1S/C10H12OS2/c1-7-3-4-12-9(7)8-5-10(2,11)6-13-8/h3-5,11H,6H2,1-2H3. The summed E-state index contributed by atoms with van der Waals surface area (Å²) in [4.78, 5) is 2.54. The molecular formula is C10H12OS2. The van der Waals surface area contributed by atoms with E-state index in [2.05, 4.69) is 18.4 Å². The fourth-order valence-corrected chi connectivity index (χ4v) is 3.66. The molecule has 0 spiro atoms. The van der Waals surface area contributed by atoms with Crippen LogP contribution in [0.3, 0.4) is 0 Å². The fraction of sp³-hybridized carbons (Fsp3) is 0.400. The summed E-state index contributed by atoms with van der Waals surface area (Å²) < 4.78 is 0. The Kier molecular flexibility index (Phi) is 2.26. The molecule has 1 N–H and O–H groups in total. The minimum Gasteiger partial charge on any atom is -0.385 e. The van der Waals surface area contributed by atoms with Crippen molar-refractivity contribution in [2.24, 2.45) is 0 Å². The Labute approximate surface area is 86.5 Å². The van der Waals surface area contributed by atoms with Crippen LogP contribution in [0.5, 0.6) is 0 Å².